The van der Waals surface area contributed by atoms with Gasteiger partial charge in [0, 0.05) is 15.5 Å². The number of hydrogen-bond donors (Lipinski definition) is 1. The second kappa shape index (κ2) is 6.91. The van der Waals surface area contributed by atoms with E-state index in [1.165, 1.54) is 0 Å². The average molecular weight is 435 g/mol. The highest BCUT2D eigenvalue weighted by Crippen LogP contribution is 2.25. The van der Waals surface area contributed by atoms with Crippen LogP contribution >= 0.6 is 31.9 Å². The van der Waals surface area contributed by atoms with Gasteiger partial charge in [0.2, 0.25) is 10.0 Å². The van der Waals surface area contributed by atoms with Gasteiger partial charge in [-0.15, -0.1) is 0 Å². The Kier molecular flexibility index (Phi) is 5.43. The van der Waals surface area contributed by atoms with Gasteiger partial charge in [0.25, 0.3) is 0 Å². The molecule has 0 saturated heterocycles. The van der Waals surface area contributed by atoms with Gasteiger partial charge in [-0.3, -0.25) is 0 Å². The monoisotopic (exact) mass is 433 g/mol. The summed E-state index contributed by atoms with van der Waals surface area (Å²) in [5.41, 5.74) is 0.854. The second-order valence-corrected chi connectivity index (χ2v) is 7.75. The molecule has 4 nitrogen and oxygen atoms in total. The minimum absolute atomic E-state index is 0.208. The minimum Gasteiger partial charge on any atom is -0.497 e. The molecule has 0 atom stereocenters. The molecule has 2 aromatic rings. The first-order chi connectivity index (χ1) is 9.92. The van der Waals surface area contributed by atoms with Crippen LogP contribution in [0.2, 0.25) is 0 Å². The maximum atomic E-state index is 12.3. The molecule has 0 fully saturated rings. The number of halogens is 2. The van der Waals surface area contributed by atoms with Gasteiger partial charge in [0.05, 0.1) is 12.0 Å². The molecule has 0 spiro atoms. The third-order valence-electron chi connectivity index (χ3n) is 2.81. The van der Waals surface area contributed by atoms with E-state index in [2.05, 4.69) is 36.6 Å². The fourth-order valence-electron chi connectivity index (χ4n) is 1.69. The lowest BCUT2D eigenvalue weighted by Gasteiger charge is -2.09. The quantitative estimate of drug-likeness (QED) is 0.780. The first-order valence-electron chi connectivity index (χ1n) is 6.00. The van der Waals surface area contributed by atoms with Gasteiger partial charge < -0.3 is 4.74 Å². The van der Waals surface area contributed by atoms with Gasteiger partial charge in [0.1, 0.15) is 5.75 Å². The van der Waals surface area contributed by atoms with Crippen LogP contribution in [0, 0.1) is 0 Å². The van der Waals surface area contributed by atoms with Crippen LogP contribution < -0.4 is 9.46 Å². The highest BCUT2D eigenvalue weighted by Gasteiger charge is 2.17. The molecule has 0 bridgehead atoms. The van der Waals surface area contributed by atoms with E-state index < -0.39 is 10.0 Å². The lowest BCUT2D eigenvalue weighted by Crippen LogP contribution is -2.23. The van der Waals surface area contributed by atoms with Crippen molar-refractivity contribution in [2.24, 2.45) is 0 Å². The van der Waals surface area contributed by atoms with Crippen molar-refractivity contribution >= 4 is 41.9 Å². The van der Waals surface area contributed by atoms with E-state index in [0.717, 1.165) is 15.8 Å². The zero-order chi connectivity index (χ0) is 15.5. The molecule has 112 valence electrons. The fourth-order valence-corrected chi connectivity index (χ4v) is 4.45. The number of methoxy groups -OCH3 is 1. The van der Waals surface area contributed by atoms with Crippen molar-refractivity contribution in [3.05, 3.63) is 57.0 Å². The van der Waals surface area contributed by atoms with Crippen molar-refractivity contribution in [3.8, 4) is 5.75 Å². The van der Waals surface area contributed by atoms with Crippen LogP contribution in [0.1, 0.15) is 5.56 Å². The molecule has 0 aliphatic rings. The topological polar surface area (TPSA) is 55.4 Å². The lowest BCUT2D eigenvalue weighted by atomic mass is 10.2. The zero-order valence-electron chi connectivity index (χ0n) is 11.1. The van der Waals surface area contributed by atoms with Crippen molar-refractivity contribution in [3.63, 3.8) is 0 Å². The molecule has 2 rings (SSSR count). The summed E-state index contributed by atoms with van der Waals surface area (Å²) in [6, 6.07) is 12.1. The van der Waals surface area contributed by atoms with Crippen LogP contribution in [0.15, 0.2) is 56.3 Å². The smallest absolute Gasteiger partial charge is 0.241 e. The Morgan fingerprint density at radius 1 is 1.10 bits per heavy atom. The molecule has 0 aromatic heterocycles. The standard InChI is InChI=1S/C14H13Br2NO3S/c1-20-12-5-2-10(3-6-12)9-17-21(18,19)14-7-4-11(15)8-13(14)16/h2-8,17H,9H2,1H3. The van der Waals surface area contributed by atoms with Crippen LogP contribution in [-0.2, 0) is 16.6 Å². The Labute approximate surface area is 140 Å². The van der Waals surface area contributed by atoms with Gasteiger partial charge in [-0.2, -0.15) is 0 Å². The Morgan fingerprint density at radius 2 is 1.76 bits per heavy atom. The number of ether oxygens (including phenoxy) is 1. The van der Waals surface area contributed by atoms with E-state index in [-0.39, 0.29) is 11.4 Å². The first kappa shape index (κ1) is 16.5. The van der Waals surface area contributed by atoms with Crippen molar-refractivity contribution in [2.45, 2.75) is 11.4 Å². The Hall–Kier alpha value is -0.890. The van der Waals surface area contributed by atoms with E-state index in [0.29, 0.717) is 4.47 Å². The molecular weight excluding hydrogens is 422 g/mol. The first-order valence-corrected chi connectivity index (χ1v) is 9.07. The van der Waals surface area contributed by atoms with Crippen LogP contribution in [-0.4, -0.2) is 15.5 Å². The predicted molar refractivity (Wildman–Crippen MR) is 88.9 cm³/mol. The maximum absolute atomic E-state index is 12.3. The van der Waals surface area contributed by atoms with E-state index in [9.17, 15) is 8.42 Å². The SMILES string of the molecule is COc1ccc(CNS(=O)(=O)c2ccc(Br)cc2Br)cc1. The number of sulfonamides is 1. The molecule has 7 heteroatoms. The molecule has 2 aromatic carbocycles. The summed E-state index contributed by atoms with van der Waals surface area (Å²) in [5.74, 6) is 0.734. The van der Waals surface area contributed by atoms with E-state index >= 15 is 0 Å². The van der Waals surface area contributed by atoms with Gasteiger partial charge in [-0.25, -0.2) is 13.1 Å². The normalized spacial score (nSPS) is 11.4. The van der Waals surface area contributed by atoms with Crippen molar-refractivity contribution in [2.75, 3.05) is 7.11 Å². The highest BCUT2D eigenvalue weighted by molar-refractivity contribution is 9.11. The largest absolute Gasteiger partial charge is 0.497 e. The van der Waals surface area contributed by atoms with Gasteiger partial charge in [-0.05, 0) is 51.8 Å². The molecule has 0 aliphatic heterocycles. The summed E-state index contributed by atoms with van der Waals surface area (Å²) >= 11 is 6.56. The van der Waals surface area contributed by atoms with Crippen LogP contribution in [0.5, 0.6) is 5.75 Å². The fraction of sp³-hybridized carbons (Fsp3) is 0.143. The lowest BCUT2D eigenvalue weighted by molar-refractivity contribution is 0.414. The molecule has 0 unspecified atom stereocenters. The van der Waals surface area contributed by atoms with Gasteiger partial charge in [-0.1, -0.05) is 28.1 Å². The Bertz CT molecular complexity index is 730. The van der Waals surface area contributed by atoms with Crippen molar-refractivity contribution < 1.29 is 13.2 Å². The van der Waals surface area contributed by atoms with Crippen LogP contribution in [0.3, 0.4) is 0 Å². The Morgan fingerprint density at radius 3 is 2.33 bits per heavy atom. The number of nitrogens with one attached hydrogen (secondary N) is 1. The molecule has 0 heterocycles. The molecule has 0 radical (unpaired) electrons. The summed E-state index contributed by atoms with van der Waals surface area (Å²) in [6.45, 7) is 0.217. The summed E-state index contributed by atoms with van der Waals surface area (Å²) in [6.07, 6.45) is 0. The Balaban J connectivity index is 2.13. The molecule has 0 amide bonds. The van der Waals surface area contributed by atoms with E-state index in [4.69, 9.17) is 4.74 Å². The van der Waals surface area contributed by atoms with E-state index in [1.807, 2.05) is 12.1 Å². The second-order valence-electron chi connectivity index (χ2n) is 4.25. The van der Waals surface area contributed by atoms with Crippen LogP contribution in [0.4, 0.5) is 0 Å². The van der Waals surface area contributed by atoms with E-state index in [1.54, 1.807) is 37.4 Å². The number of rotatable bonds is 5. The van der Waals surface area contributed by atoms with Crippen molar-refractivity contribution in [1.29, 1.82) is 0 Å². The summed E-state index contributed by atoms with van der Waals surface area (Å²) in [5, 5.41) is 0. The van der Waals surface area contributed by atoms with Gasteiger partial charge >= 0.3 is 0 Å². The molecule has 0 aliphatic carbocycles. The molecular formula is C14H13Br2NO3S. The third kappa shape index (κ3) is 4.29. The minimum atomic E-state index is -3.57. The third-order valence-corrected chi connectivity index (χ3v) is 5.68. The summed E-state index contributed by atoms with van der Waals surface area (Å²) in [4.78, 5) is 0.208. The average Bonchev–Trinajstić information content (AvgIpc) is 2.45. The zero-order valence-corrected chi connectivity index (χ0v) is 15.1. The number of benzene rings is 2. The molecule has 21 heavy (non-hydrogen) atoms. The van der Waals surface area contributed by atoms with Crippen molar-refractivity contribution in [1.82, 2.24) is 4.72 Å². The number of hydrogen-bond acceptors (Lipinski definition) is 3. The maximum Gasteiger partial charge on any atom is 0.241 e. The predicted octanol–water partition coefficient (Wildman–Crippen LogP) is 3.70. The summed E-state index contributed by atoms with van der Waals surface area (Å²) in [7, 11) is -1.98. The van der Waals surface area contributed by atoms with Crippen LogP contribution in [0.25, 0.3) is 0 Å². The summed E-state index contributed by atoms with van der Waals surface area (Å²) < 4.78 is 33.5. The molecule has 0 saturated carbocycles. The van der Waals surface area contributed by atoms with Gasteiger partial charge in [0.15, 0.2) is 0 Å². The highest BCUT2D eigenvalue weighted by atomic mass is 79.9. The molecule has 1 N–H and O–H groups in total.